The van der Waals surface area contributed by atoms with Crippen LogP contribution in [0.1, 0.15) is 24.0 Å². The zero-order valence-corrected chi connectivity index (χ0v) is 8.62. The van der Waals surface area contributed by atoms with Crippen LogP contribution in [0.4, 0.5) is 0 Å². The number of hydrogen-bond donors (Lipinski definition) is 1. The molecule has 0 spiro atoms. The van der Waals surface area contributed by atoms with Gasteiger partial charge >= 0.3 is 0 Å². The van der Waals surface area contributed by atoms with E-state index in [9.17, 15) is 0 Å². The summed E-state index contributed by atoms with van der Waals surface area (Å²) in [5, 5.41) is 0. The van der Waals surface area contributed by atoms with Crippen molar-refractivity contribution in [1.29, 1.82) is 0 Å². The highest BCUT2D eigenvalue weighted by Gasteiger charge is 2.29. The number of nitrogens with two attached hydrogens (primary N) is 1. The molecule has 0 radical (unpaired) electrons. The summed E-state index contributed by atoms with van der Waals surface area (Å²) >= 11 is 0. The maximum absolute atomic E-state index is 6.31. The molecule has 1 aromatic rings. The highest BCUT2D eigenvalue weighted by Crippen LogP contribution is 2.27. The van der Waals surface area contributed by atoms with E-state index in [2.05, 4.69) is 31.2 Å². The Morgan fingerprint density at radius 1 is 1.29 bits per heavy atom. The molecule has 1 unspecified atom stereocenters. The van der Waals surface area contributed by atoms with Crippen LogP contribution in [-0.4, -0.2) is 13.2 Å². The average Bonchev–Trinajstić information content (AvgIpc) is 2.19. The Morgan fingerprint density at radius 2 is 2.00 bits per heavy atom. The molecule has 0 saturated carbocycles. The van der Waals surface area contributed by atoms with Gasteiger partial charge in [-0.1, -0.05) is 29.8 Å². The monoisotopic (exact) mass is 191 g/mol. The minimum Gasteiger partial charge on any atom is -0.379 e. The molecule has 0 aromatic heterocycles. The fourth-order valence-corrected chi connectivity index (χ4v) is 1.93. The number of hydrogen-bond acceptors (Lipinski definition) is 2. The highest BCUT2D eigenvalue weighted by molar-refractivity contribution is 5.28. The number of ether oxygens (including phenoxy) is 1. The lowest BCUT2D eigenvalue weighted by molar-refractivity contribution is 0.0367. The maximum Gasteiger partial charge on any atom is 0.0688 e. The Balaban J connectivity index is 2.23. The van der Waals surface area contributed by atoms with E-state index in [-0.39, 0.29) is 5.54 Å². The summed E-state index contributed by atoms with van der Waals surface area (Å²) in [4.78, 5) is 0. The summed E-state index contributed by atoms with van der Waals surface area (Å²) < 4.78 is 5.44. The van der Waals surface area contributed by atoms with Gasteiger partial charge in [-0.15, -0.1) is 0 Å². The Labute approximate surface area is 85.1 Å². The lowest BCUT2D eigenvalue weighted by Crippen LogP contribution is -2.44. The third-order valence-electron chi connectivity index (χ3n) is 2.90. The second-order valence-electron chi connectivity index (χ2n) is 4.18. The first-order valence-corrected chi connectivity index (χ1v) is 5.14. The first kappa shape index (κ1) is 9.69. The fourth-order valence-electron chi connectivity index (χ4n) is 1.93. The predicted octanol–water partition coefficient (Wildman–Crippen LogP) is 1.96. The molecule has 1 heterocycles. The van der Waals surface area contributed by atoms with Crippen LogP contribution in [0.15, 0.2) is 24.3 Å². The van der Waals surface area contributed by atoms with E-state index < -0.39 is 0 Å². The lowest BCUT2D eigenvalue weighted by atomic mass is 9.85. The van der Waals surface area contributed by atoms with Gasteiger partial charge in [-0.3, -0.25) is 0 Å². The van der Waals surface area contributed by atoms with E-state index in [0.717, 1.165) is 19.4 Å². The van der Waals surface area contributed by atoms with E-state index in [0.29, 0.717) is 6.61 Å². The van der Waals surface area contributed by atoms with Crippen molar-refractivity contribution in [3.8, 4) is 0 Å². The molecule has 1 fully saturated rings. The number of benzene rings is 1. The number of aryl methyl sites for hydroxylation is 1. The summed E-state index contributed by atoms with van der Waals surface area (Å²) in [5.74, 6) is 0. The zero-order valence-electron chi connectivity index (χ0n) is 8.62. The van der Waals surface area contributed by atoms with Gasteiger partial charge in [0, 0.05) is 6.61 Å². The van der Waals surface area contributed by atoms with Crippen molar-refractivity contribution < 1.29 is 4.74 Å². The first-order valence-electron chi connectivity index (χ1n) is 5.14. The Bertz CT molecular complexity index is 299. The molecular formula is C12H17NO. The van der Waals surface area contributed by atoms with Crippen molar-refractivity contribution in [2.24, 2.45) is 5.73 Å². The molecule has 0 aliphatic carbocycles. The smallest absolute Gasteiger partial charge is 0.0688 e. The topological polar surface area (TPSA) is 35.2 Å². The van der Waals surface area contributed by atoms with Crippen LogP contribution in [0, 0.1) is 6.92 Å². The molecule has 0 bridgehead atoms. The van der Waals surface area contributed by atoms with Gasteiger partial charge in [-0.25, -0.2) is 0 Å². The van der Waals surface area contributed by atoms with Crippen molar-refractivity contribution in [1.82, 2.24) is 0 Å². The molecule has 2 N–H and O–H groups in total. The van der Waals surface area contributed by atoms with Crippen molar-refractivity contribution in [2.75, 3.05) is 13.2 Å². The molecule has 14 heavy (non-hydrogen) atoms. The van der Waals surface area contributed by atoms with Gasteiger partial charge in [0.05, 0.1) is 12.1 Å². The quantitative estimate of drug-likeness (QED) is 0.736. The summed E-state index contributed by atoms with van der Waals surface area (Å²) in [6, 6.07) is 8.45. The summed E-state index contributed by atoms with van der Waals surface area (Å²) in [6.07, 6.45) is 2.08. The van der Waals surface area contributed by atoms with Crippen LogP contribution in [0.3, 0.4) is 0 Å². The molecule has 76 valence electrons. The van der Waals surface area contributed by atoms with E-state index in [4.69, 9.17) is 10.5 Å². The van der Waals surface area contributed by atoms with Crippen molar-refractivity contribution >= 4 is 0 Å². The highest BCUT2D eigenvalue weighted by atomic mass is 16.5. The van der Waals surface area contributed by atoms with Gasteiger partial charge in [-0.2, -0.15) is 0 Å². The fraction of sp³-hybridized carbons (Fsp3) is 0.500. The molecule has 1 saturated heterocycles. The van der Waals surface area contributed by atoms with Crippen LogP contribution in [0.2, 0.25) is 0 Å². The first-order chi connectivity index (χ1) is 6.71. The van der Waals surface area contributed by atoms with Crippen LogP contribution < -0.4 is 5.73 Å². The van der Waals surface area contributed by atoms with Gasteiger partial charge in [-0.05, 0) is 25.3 Å². The van der Waals surface area contributed by atoms with Gasteiger partial charge < -0.3 is 10.5 Å². The molecule has 0 amide bonds. The SMILES string of the molecule is Cc1ccc(C2(N)CCCOC2)cc1. The summed E-state index contributed by atoms with van der Waals surface area (Å²) in [5.41, 5.74) is 8.52. The standard InChI is InChI=1S/C12H17NO/c1-10-3-5-11(6-4-10)12(13)7-2-8-14-9-12/h3-6H,2,7-9,13H2,1H3. The van der Waals surface area contributed by atoms with Gasteiger partial charge in [0.25, 0.3) is 0 Å². The molecule has 1 aliphatic rings. The second kappa shape index (κ2) is 3.71. The third kappa shape index (κ3) is 1.81. The average molecular weight is 191 g/mol. The summed E-state index contributed by atoms with van der Waals surface area (Å²) in [6.45, 7) is 3.59. The predicted molar refractivity (Wildman–Crippen MR) is 57.1 cm³/mol. The van der Waals surface area contributed by atoms with Crippen LogP contribution >= 0.6 is 0 Å². The maximum atomic E-state index is 6.31. The van der Waals surface area contributed by atoms with E-state index in [1.165, 1.54) is 11.1 Å². The van der Waals surface area contributed by atoms with Crippen LogP contribution in [0.25, 0.3) is 0 Å². The van der Waals surface area contributed by atoms with Crippen LogP contribution in [0.5, 0.6) is 0 Å². The van der Waals surface area contributed by atoms with Crippen LogP contribution in [-0.2, 0) is 10.3 Å². The molecule has 2 nitrogen and oxygen atoms in total. The van der Waals surface area contributed by atoms with E-state index in [1.54, 1.807) is 0 Å². The van der Waals surface area contributed by atoms with Crippen molar-refractivity contribution in [3.63, 3.8) is 0 Å². The summed E-state index contributed by atoms with van der Waals surface area (Å²) in [7, 11) is 0. The Hall–Kier alpha value is -0.860. The second-order valence-corrected chi connectivity index (χ2v) is 4.18. The third-order valence-corrected chi connectivity index (χ3v) is 2.90. The zero-order chi connectivity index (χ0) is 10.0. The van der Waals surface area contributed by atoms with Crippen molar-refractivity contribution in [2.45, 2.75) is 25.3 Å². The van der Waals surface area contributed by atoms with Gasteiger partial charge in [0.1, 0.15) is 0 Å². The molecule has 1 aliphatic heterocycles. The Kier molecular flexibility index (Phi) is 2.57. The Morgan fingerprint density at radius 3 is 2.57 bits per heavy atom. The lowest BCUT2D eigenvalue weighted by Gasteiger charge is -2.33. The van der Waals surface area contributed by atoms with Gasteiger partial charge in [0.15, 0.2) is 0 Å². The largest absolute Gasteiger partial charge is 0.379 e. The minimum absolute atomic E-state index is 0.258. The molecule has 1 atom stereocenters. The van der Waals surface area contributed by atoms with Gasteiger partial charge in [0.2, 0.25) is 0 Å². The minimum atomic E-state index is -0.258. The van der Waals surface area contributed by atoms with E-state index in [1.807, 2.05) is 0 Å². The number of rotatable bonds is 1. The van der Waals surface area contributed by atoms with E-state index >= 15 is 0 Å². The molecule has 2 rings (SSSR count). The normalized spacial score (nSPS) is 27.6. The molecular weight excluding hydrogens is 174 g/mol. The van der Waals surface area contributed by atoms with Crippen molar-refractivity contribution in [3.05, 3.63) is 35.4 Å². The molecule has 2 heteroatoms. The molecule has 1 aromatic carbocycles.